The van der Waals surface area contributed by atoms with Crippen molar-refractivity contribution >= 4 is 11.6 Å². The molecule has 7 heteroatoms. The molecule has 0 fully saturated rings. The molecule has 1 aromatic carbocycles. The van der Waals surface area contributed by atoms with E-state index in [-0.39, 0.29) is 5.69 Å². The average Bonchev–Trinajstić information content (AvgIpc) is 2.27. The van der Waals surface area contributed by atoms with Gasteiger partial charge in [-0.25, -0.2) is 4.39 Å². The van der Waals surface area contributed by atoms with Crippen molar-refractivity contribution in [3.63, 3.8) is 0 Å². The Morgan fingerprint density at radius 2 is 1.74 bits per heavy atom. The first-order valence-corrected chi connectivity index (χ1v) is 5.22. The molecule has 0 unspecified atom stereocenters. The van der Waals surface area contributed by atoms with Gasteiger partial charge in [-0.1, -0.05) is 0 Å². The van der Waals surface area contributed by atoms with Gasteiger partial charge in [0, 0.05) is 26.0 Å². The number of benzene rings is 1. The molecule has 0 heterocycles. The third kappa shape index (κ3) is 4.61. The predicted molar refractivity (Wildman–Crippen MR) is 62.9 cm³/mol. The summed E-state index contributed by atoms with van der Waals surface area (Å²) < 4.78 is 50.7. The number of alkyl halides is 3. The zero-order valence-electron chi connectivity index (χ0n) is 10.3. The van der Waals surface area contributed by atoms with Crippen LogP contribution in [0.1, 0.15) is 0 Å². The Morgan fingerprint density at radius 1 is 1.21 bits per heavy atom. The summed E-state index contributed by atoms with van der Waals surface area (Å²) in [6.45, 7) is 0. The van der Waals surface area contributed by atoms with Gasteiger partial charge >= 0.3 is 6.18 Å². The summed E-state index contributed by atoms with van der Waals surface area (Å²) in [5.74, 6) is -1.84. The lowest BCUT2D eigenvalue weighted by atomic mass is 10.2. The zero-order valence-corrected chi connectivity index (χ0v) is 10.3. The molecule has 1 aromatic rings. The summed E-state index contributed by atoms with van der Waals surface area (Å²) in [5.41, 5.74) is -1.25. The van der Waals surface area contributed by atoms with Crippen molar-refractivity contribution in [2.75, 3.05) is 19.4 Å². The lowest BCUT2D eigenvalue weighted by Crippen LogP contribution is -2.27. The number of hydrogen-bond acceptors (Lipinski definition) is 2. The molecular weight excluding hydrogens is 264 g/mol. The van der Waals surface area contributed by atoms with E-state index < -0.39 is 23.5 Å². The second-order valence-electron chi connectivity index (χ2n) is 3.97. The molecule has 0 atom stereocenters. The fourth-order valence-corrected chi connectivity index (χ4v) is 1.25. The van der Waals surface area contributed by atoms with Gasteiger partial charge < -0.3 is 10.2 Å². The molecular formula is C12H12F4N2O. The van der Waals surface area contributed by atoms with Crippen molar-refractivity contribution in [1.29, 1.82) is 0 Å². The van der Waals surface area contributed by atoms with Crippen LogP contribution in [0.2, 0.25) is 0 Å². The van der Waals surface area contributed by atoms with Crippen molar-refractivity contribution in [3.05, 3.63) is 41.9 Å². The summed E-state index contributed by atoms with van der Waals surface area (Å²) in [6, 6.07) is 4.44. The van der Waals surface area contributed by atoms with Crippen LogP contribution in [0.3, 0.4) is 0 Å². The highest BCUT2D eigenvalue weighted by atomic mass is 19.4. The molecule has 0 aliphatic carbocycles. The fourth-order valence-electron chi connectivity index (χ4n) is 1.25. The second kappa shape index (κ2) is 5.73. The van der Waals surface area contributed by atoms with Crippen molar-refractivity contribution in [2.45, 2.75) is 6.18 Å². The largest absolute Gasteiger partial charge is 0.423 e. The molecule has 0 aromatic heterocycles. The van der Waals surface area contributed by atoms with Gasteiger partial charge in [0.15, 0.2) is 0 Å². The highest BCUT2D eigenvalue weighted by molar-refractivity contribution is 6.04. The zero-order chi connectivity index (χ0) is 14.6. The van der Waals surface area contributed by atoms with Crippen LogP contribution < -0.4 is 5.32 Å². The third-order valence-corrected chi connectivity index (χ3v) is 2.04. The van der Waals surface area contributed by atoms with E-state index in [1.807, 2.05) is 0 Å². The first-order valence-electron chi connectivity index (χ1n) is 5.22. The maximum atomic E-state index is 12.7. The van der Waals surface area contributed by atoms with E-state index in [1.54, 1.807) is 0 Å². The number of halogens is 4. The van der Waals surface area contributed by atoms with Crippen LogP contribution in [0.5, 0.6) is 0 Å². The molecule has 0 saturated heterocycles. The Bertz CT molecular complexity index is 477. The Balaban J connectivity index is 2.93. The minimum Gasteiger partial charge on any atom is -0.383 e. The number of rotatable bonds is 3. The van der Waals surface area contributed by atoms with Crippen LogP contribution in [-0.2, 0) is 4.79 Å². The number of hydrogen-bond donors (Lipinski definition) is 1. The van der Waals surface area contributed by atoms with E-state index in [4.69, 9.17) is 0 Å². The van der Waals surface area contributed by atoms with Crippen LogP contribution in [0, 0.1) is 5.82 Å². The number of amides is 1. The molecule has 0 radical (unpaired) electrons. The van der Waals surface area contributed by atoms with Gasteiger partial charge in [-0.05, 0) is 24.3 Å². The summed E-state index contributed by atoms with van der Waals surface area (Å²) >= 11 is 0. The topological polar surface area (TPSA) is 32.3 Å². The molecule has 0 saturated carbocycles. The van der Waals surface area contributed by atoms with Gasteiger partial charge in [0.05, 0.1) is 0 Å². The molecule has 0 bridgehead atoms. The number of carbonyl (C=O) groups excluding carboxylic acids is 1. The van der Waals surface area contributed by atoms with Crippen molar-refractivity contribution in [3.8, 4) is 0 Å². The van der Waals surface area contributed by atoms with Crippen molar-refractivity contribution in [2.24, 2.45) is 0 Å². The number of nitrogens with zero attached hydrogens (tertiary/aromatic N) is 1. The standard InChI is InChI=1S/C12H12F4N2O/c1-18(2)7-10(12(14,15)16)11(19)17-9-5-3-8(13)4-6-9/h3-7H,1-2H3,(H,17,19). The highest BCUT2D eigenvalue weighted by Gasteiger charge is 2.39. The third-order valence-electron chi connectivity index (χ3n) is 2.04. The highest BCUT2D eigenvalue weighted by Crippen LogP contribution is 2.27. The molecule has 1 N–H and O–H groups in total. The number of carbonyl (C=O) groups is 1. The smallest absolute Gasteiger partial charge is 0.383 e. The Hall–Kier alpha value is -2.05. The normalized spacial score (nSPS) is 12.2. The SMILES string of the molecule is CN(C)C=C(C(=O)Nc1ccc(F)cc1)C(F)(F)F. The fraction of sp³-hybridized carbons (Fsp3) is 0.250. The van der Waals surface area contributed by atoms with Crippen LogP contribution in [0.4, 0.5) is 23.2 Å². The van der Waals surface area contributed by atoms with Crippen LogP contribution in [0.25, 0.3) is 0 Å². The Morgan fingerprint density at radius 3 is 2.16 bits per heavy atom. The van der Waals surface area contributed by atoms with Crippen molar-refractivity contribution < 1.29 is 22.4 Å². The van der Waals surface area contributed by atoms with E-state index >= 15 is 0 Å². The first kappa shape index (κ1) is 15.0. The maximum Gasteiger partial charge on any atom is 0.423 e. The lowest BCUT2D eigenvalue weighted by molar-refractivity contribution is -0.126. The molecule has 19 heavy (non-hydrogen) atoms. The average molecular weight is 276 g/mol. The van der Waals surface area contributed by atoms with E-state index in [0.717, 1.165) is 17.0 Å². The maximum absolute atomic E-state index is 12.7. The number of anilines is 1. The van der Waals surface area contributed by atoms with Gasteiger partial charge in [0.1, 0.15) is 11.4 Å². The van der Waals surface area contributed by atoms with E-state index in [9.17, 15) is 22.4 Å². The monoisotopic (exact) mass is 276 g/mol. The van der Waals surface area contributed by atoms with Gasteiger partial charge in [0.2, 0.25) is 0 Å². The van der Waals surface area contributed by atoms with Gasteiger partial charge in [-0.15, -0.1) is 0 Å². The summed E-state index contributed by atoms with van der Waals surface area (Å²) in [6.07, 6.45) is -4.09. The summed E-state index contributed by atoms with van der Waals surface area (Å²) in [7, 11) is 2.74. The molecule has 1 rings (SSSR count). The predicted octanol–water partition coefficient (Wildman–Crippen LogP) is 2.77. The van der Waals surface area contributed by atoms with Gasteiger partial charge in [-0.2, -0.15) is 13.2 Å². The first-order chi connectivity index (χ1) is 8.70. The number of nitrogens with one attached hydrogen (secondary N) is 1. The Labute approximate surface area is 107 Å². The van der Waals surface area contributed by atoms with Crippen molar-refractivity contribution in [1.82, 2.24) is 4.90 Å². The van der Waals surface area contributed by atoms with Crippen LogP contribution in [-0.4, -0.2) is 31.1 Å². The van der Waals surface area contributed by atoms with E-state index in [1.165, 1.54) is 26.2 Å². The molecule has 0 aliphatic heterocycles. The quantitative estimate of drug-likeness (QED) is 0.680. The van der Waals surface area contributed by atoms with Crippen LogP contribution >= 0.6 is 0 Å². The minimum absolute atomic E-state index is 0.0836. The lowest BCUT2D eigenvalue weighted by Gasteiger charge is -2.15. The van der Waals surface area contributed by atoms with Crippen LogP contribution in [0.15, 0.2) is 36.0 Å². The van der Waals surface area contributed by atoms with Gasteiger partial charge in [-0.3, -0.25) is 4.79 Å². The Kier molecular flexibility index (Phi) is 4.52. The van der Waals surface area contributed by atoms with Gasteiger partial charge in [0.25, 0.3) is 5.91 Å². The molecule has 0 aliphatic rings. The molecule has 0 spiro atoms. The van der Waals surface area contributed by atoms with E-state index in [2.05, 4.69) is 5.32 Å². The summed E-state index contributed by atoms with van der Waals surface area (Å²) in [4.78, 5) is 12.7. The molecule has 104 valence electrons. The molecule has 3 nitrogen and oxygen atoms in total. The van der Waals surface area contributed by atoms with E-state index in [0.29, 0.717) is 6.20 Å². The molecule has 1 amide bonds. The second-order valence-corrected chi connectivity index (χ2v) is 3.97. The minimum atomic E-state index is -4.77. The summed E-state index contributed by atoms with van der Waals surface area (Å²) in [5, 5.41) is 2.06.